The van der Waals surface area contributed by atoms with Crippen LogP contribution in [0.25, 0.3) is 11.3 Å². The van der Waals surface area contributed by atoms with Crippen LogP contribution in [0.5, 0.6) is 0 Å². The summed E-state index contributed by atoms with van der Waals surface area (Å²) in [5.41, 5.74) is 6.25. The molecular weight excluding hydrogens is 358 g/mol. The molecule has 1 aromatic heterocycles. The normalized spacial score (nSPS) is 12.0. The summed E-state index contributed by atoms with van der Waals surface area (Å²) >= 11 is 0. The molecule has 0 saturated heterocycles. The van der Waals surface area contributed by atoms with Gasteiger partial charge in [0.1, 0.15) is 13.2 Å². The van der Waals surface area contributed by atoms with Gasteiger partial charge in [0.25, 0.3) is 0 Å². The first-order valence-electron chi connectivity index (χ1n) is 9.67. The minimum Gasteiger partial charge on any atom is -0.445 e. The second-order valence-corrected chi connectivity index (χ2v) is 6.66. The zero-order valence-electron chi connectivity index (χ0n) is 16.6. The van der Waals surface area contributed by atoms with Crippen LogP contribution in [0.2, 0.25) is 0 Å². The lowest BCUT2D eigenvalue weighted by Crippen LogP contribution is -2.24. The van der Waals surface area contributed by atoms with E-state index >= 15 is 0 Å². The number of hydrogen-bond acceptors (Lipinski definition) is 4. The van der Waals surface area contributed by atoms with Crippen LogP contribution in [-0.4, -0.2) is 29.8 Å². The van der Waals surface area contributed by atoms with Crippen molar-refractivity contribution >= 4 is 12.2 Å². The molecule has 2 heterocycles. The summed E-state index contributed by atoms with van der Waals surface area (Å²) in [7, 11) is 0. The van der Waals surface area contributed by atoms with Crippen LogP contribution < -0.4 is 10.6 Å². The Balaban J connectivity index is 1.98. The molecule has 2 N–H and O–H groups in total. The molecule has 0 fully saturated rings. The number of aryl methyl sites for hydroxylation is 1. The van der Waals surface area contributed by atoms with E-state index in [9.17, 15) is 9.59 Å². The number of carbonyl (C=O) groups is 2. The van der Waals surface area contributed by atoms with Crippen molar-refractivity contribution in [2.45, 2.75) is 47.0 Å². The van der Waals surface area contributed by atoms with E-state index in [2.05, 4.69) is 27.3 Å². The minimum atomic E-state index is -0.459. The topological polar surface area (TPSA) is 81.6 Å². The summed E-state index contributed by atoms with van der Waals surface area (Å²) in [6.45, 7) is 7.80. The second kappa shape index (κ2) is 8.82. The molecule has 2 amide bonds. The van der Waals surface area contributed by atoms with Gasteiger partial charge >= 0.3 is 12.2 Å². The standard InChI is InChI=1S/C21H27N3O4/c1-4-22-20(25)27-12-17-14(3)24-11-10-15-8-6-7-9-16(15)19(24)18(17)13-28-21(26)23-5-2/h6-9H,4-5,10-13H2,1-3H3,(H,22,25)(H,23,26). The number of fused-ring (bicyclic) bond motifs is 3. The van der Waals surface area contributed by atoms with Gasteiger partial charge in [-0.15, -0.1) is 0 Å². The largest absolute Gasteiger partial charge is 0.445 e. The Kier molecular flexibility index (Phi) is 6.23. The number of aromatic nitrogens is 1. The van der Waals surface area contributed by atoms with Crippen molar-refractivity contribution in [2.24, 2.45) is 0 Å². The van der Waals surface area contributed by atoms with E-state index in [-0.39, 0.29) is 13.2 Å². The van der Waals surface area contributed by atoms with E-state index in [1.54, 1.807) is 0 Å². The highest BCUT2D eigenvalue weighted by molar-refractivity contribution is 5.73. The van der Waals surface area contributed by atoms with Crippen LogP contribution in [0, 0.1) is 6.92 Å². The van der Waals surface area contributed by atoms with E-state index in [4.69, 9.17) is 9.47 Å². The predicted molar refractivity (Wildman–Crippen MR) is 106 cm³/mol. The number of rotatable bonds is 6. The number of nitrogens with one attached hydrogen (secondary N) is 2. The van der Waals surface area contributed by atoms with Crippen LogP contribution in [0.15, 0.2) is 24.3 Å². The Morgan fingerprint density at radius 3 is 2.25 bits per heavy atom. The predicted octanol–water partition coefficient (Wildman–Crippen LogP) is 3.51. The third-order valence-electron chi connectivity index (χ3n) is 4.98. The number of amides is 2. The monoisotopic (exact) mass is 385 g/mol. The molecule has 0 aliphatic carbocycles. The lowest BCUT2D eigenvalue weighted by Gasteiger charge is -2.21. The summed E-state index contributed by atoms with van der Waals surface area (Å²) in [6, 6.07) is 8.26. The Morgan fingerprint density at radius 2 is 1.61 bits per heavy atom. The maximum absolute atomic E-state index is 11.9. The van der Waals surface area contributed by atoms with Crippen molar-refractivity contribution < 1.29 is 19.1 Å². The van der Waals surface area contributed by atoms with Crippen LogP contribution in [0.1, 0.15) is 36.2 Å². The zero-order valence-corrected chi connectivity index (χ0v) is 16.6. The number of alkyl carbamates (subject to hydrolysis) is 2. The van der Waals surface area contributed by atoms with Crippen LogP contribution in [0.4, 0.5) is 9.59 Å². The smallest absolute Gasteiger partial charge is 0.407 e. The average molecular weight is 385 g/mol. The first kappa shape index (κ1) is 19.8. The molecule has 1 aliphatic heterocycles. The van der Waals surface area contributed by atoms with Gasteiger partial charge in [-0.05, 0) is 32.8 Å². The number of carbonyl (C=O) groups excluding carboxylic acids is 2. The van der Waals surface area contributed by atoms with Gasteiger partial charge in [-0.3, -0.25) is 0 Å². The van der Waals surface area contributed by atoms with Gasteiger partial charge < -0.3 is 24.7 Å². The first-order chi connectivity index (χ1) is 13.6. The highest BCUT2D eigenvalue weighted by Crippen LogP contribution is 2.38. The van der Waals surface area contributed by atoms with E-state index in [1.807, 2.05) is 32.9 Å². The molecular formula is C21H27N3O4. The number of nitrogens with zero attached hydrogens (tertiary/aromatic N) is 1. The SMILES string of the molecule is CCNC(=O)OCc1c(COC(=O)NCC)c2n(c1C)CCc1ccccc1-2. The molecule has 150 valence electrons. The molecule has 0 saturated carbocycles. The van der Waals surface area contributed by atoms with Crippen molar-refractivity contribution in [1.29, 1.82) is 0 Å². The van der Waals surface area contributed by atoms with Gasteiger partial charge in [0.15, 0.2) is 0 Å². The minimum absolute atomic E-state index is 0.122. The lowest BCUT2D eigenvalue weighted by molar-refractivity contribution is 0.132. The quantitative estimate of drug-likeness (QED) is 0.797. The van der Waals surface area contributed by atoms with Gasteiger partial charge in [-0.25, -0.2) is 9.59 Å². The van der Waals surface area contributed by atoms with Gasteiger partial charge in [0.2, 0.25) is 0 Å². The fourth-order valence-corrected chi connectivity index (χ4v) is 3.66. The Morgan fingerprint density at radius 1 is 1.00 bits per heavy atom. The van der Waals surface area contributed by atoms with E-state index in [1.165, 1.54) is 5.56 Å². The highest BCUT2D eigenvalue weighted by atomic mass is 16.6. The van der Waals surface area contributed by atoms with Gasteiger partial charge in [0, 0.05) is 42.0 Å². The third kappa shape index (κ3) is 3.98. The molecule has 2 aromatic rings. The van der Waals surface area contributed by atoms with Gasteiger partial charge in [-0.1, -0.05) is 24.3 Å². The van der Waals surface area contributed by atoms with E-state index in [0.29, 0.717) is 13.1 Å². The molecule has 7 nitrogen and oxygen atoms in total. The molecule has 7 heteroatoms. The summed E-state index contributed by atoms with van der Waals surface area (Å²) in [4.78, 5) is 23.7. The van der Waals surface area contributed by atoms with Crippen molar-refractivity contribution in [1.82, 2.24) is 15.2 Å². The van der Waals surface area contributed by atoms with Crippen LogP contribution >= 0.6 is 0 Å². The van der Waals surface area contributed by atoms with Crippen molar-refractivity contribution in [3.63, 3.8) is 0 Å². The fourth-order valence-electron chi connectivity index (χ4n) is 3.66. The summed E-state index contributed by atoms with van der Waals surface area (Å²) in [5.74, 6) is 0. The van der Waals surface area contributed by atoms with Gasteiger partial charge in [0.05, 0.1) is 5.69 Å². The van der Waals surface area contributed by atoms with Crippen molar-refractivity contribution in [3.05, 3.63) is 46.6 Å². The van der Waals surface area contributed by atoms with E-state index < -0.39 is 12.2 Å². The molecule has 3 rings (SSSR count). The third-order valence-corrected chi connectivity index (χ3v) is 4.98. The lowest BCUT2D eigenvalue weighted by atomic mass is 9.96. The molecule has 1 aromatic carbocycles. The molecule has 0 atom stereocenters. The highest BCUT2D eigenvalue weighted by Gasteiger charge is 2.27. The molecule has 0 spiro atoms. The number of benzene rings is 1. The zero-order chi connectivity index (χ0) is 20.1. The average Bonchev–Trinajstić information content (AvgIpc) is 2.97. The van der Waals surface area contributed by atoms with Crippen molar-refractivity contribution in [2.75, 3.05) is 13.1 Å². The fraction of sp³-hybridized carbons (Fsp3) is 0.429. The maximum atomic E-state index is 11.9. The summed E-state index contributed by atoms with van der Waals surface area (Å²) in [5, 5.41) is 5.28. The Hall–Kier alpha value is -2.96. The van der Waals surface area contributed by atoms with Gasteiger partial charge in [-0.2, -0.15) is 0 Å². The van der Waals surface area contributed by atoms with Crippen LogP contribution in [-0.2, 0) is 35.7 Å². The molecule has 0 bridgehead atoms. The molecule has 1 aliphatic rings. The second-order valence-electron chi connectivity index (χ2n) is 6.66. The number of ether oxygens (including phenoxy) is 2. The van der Waals surface area contributed by atoms with Crippen LogP contribution in [0.3, 0.4) is 0 Å². The van der Waals surface area contributed by atoms with Crippen molar-refractivity contribution in [3.8, 4) is 11.3 Å². The van der Waals surface area contributed by atoms with E-state index in [0.717, 1.165) is 41.0 Å². The molecule has 0 radical (unpaired) electrons. The summed E-state index contributed by atoms with van der Waals surface area (Å²) in [6.07, 6.45) is 0.0215. The Bertz CT molecular complexity index is 873. The first-order valence-corrected chi connectivity index (χ1v) is 9.67. The maximum Gasteiger partial charge on any atom is 0.407 e. The number of hydrogen-bond donors (Lipinski definition) is 2. The molecule has 0 unspecified atom stereocenters. The summed E-state index contributed by atoms with van der Waals surface area (Å²) < 4.78 is 13.1. The Labute approximate surface area is 165 Å². The molecule has 28 heavy (non-hydrogen) atoms.